The molecule has 0 aliphatic heterocycles. The molecule has 1 amide bonds. The number of furan rings is 1. The first-order valence-electron chi connectivity index (χ1n) is 11.6. The molecular weight excluding hydrogens is 438 g/mol. The molecule has 0 fully saturated rings. The molecule has 4 aromatic rings. The average Bonchev–Trinajstić information content (AvgIpc) is 3.31. The fraction of sp³-hybridized carbons (Fsp3) is 0.207. The van der Waals surface area contributed by atoms with Crippen molar-refractivity contribution in [2.24, 2.45) is 0 Å². The van der Waals surface area contributed by atoms with Crippen LogP contribution in [0.15, 0.2) is 77.4 Å². The fourth-order valence-electron chi connectivity index (χ4n) is 3.87. The van der Waals surface area contributed by atoms with E-state index in [1.54, 1.807) is 49.2 Å². The van der Waals surface area contributed by atoms with Gasteiger partial charge in [0.2, 0.25) is 5.78 Å². The molecule has 0 saturated heterocycles. The maximum Gasteiger partial charge on any atom is 0.253 e. The number of aromatic nitrogens is 1. The second kappa shape index (κ2) is 10.8. The maximum absolute atomic E-state index is 12.9. The average molecular weight is 468 g/mol. The minimum Gasteiger partial charge on any atom is -0.458 e. The van der Waals surface area contributed by atoms with Crippen LogP contribution in [0.2, 0.25) is 0 Å². The second-order valence-corrected chi connectivity index (χ2v) is 8.62. The van der Waals surface area contributed by atoms with Crippen molar-refractivity contribution in [3.63, 3.8) is 0 Å². The van der Waals surface area contributed by atoms with Gasteiger partial charge in [0.1, 0.15) is 5.76 Å². The number of hydrogen-bond acceptors (Lipinski definition) is 5. The van der Waals surface area contributed by atoms with E-state index in [-0.39, 0.29) is 11.7 Å². The Morgan fingerprint density at radius 2 is 1.91 bits per heavy atom. The van der Waals surface area contributed by atoms with Gasteiger partial charge < -0.3 is 14.6 Å². The number of hydrogen-bond donors (Lipinski definition) is 1. The van der Waals surface area contributed by atoms with E-state index in [2.05, 4.69) is 35.4 Å². The summed E-state index contributed by atoms with van der Waals surface area (Å²) in [7, 11) is 1.80. The van der Waals surface area contributed by atoms with E-state index in [0.717, 1.165) is 35.1 Å². The van der Waals surface area contributed by atoms with Gasteiger partial charge in [0.25, 0.3) is 5.91 Å². The quantitative estimate of drug-likeness (QED) is 0.188. The number of anilines is 1. The predicted molar refractivity (Wildman–Crippen MR) is 140 cm³/mol. The largest absolute Gasteiger partial charge is 0.458 e. The van der Waals surface area contributed by atoms with E-state index in [0.29, 0.717) is 23.6 Å². The van der Waals surface area contributed by atoms with Crippen LogP contribution in [0.1, 0.15) is 44.2 Å². The lowest BCUT2D eigenvalue weighted by Crippen LogP contribution is -2.28. The van der Waals surface area contributed by atoms with Crippen molar-refractivity contribution in [1.29, 1.82) is 0 Å². The van der Waals surface area contributed by atoms with Crippen molar-refractivity contribution < 1.29 is 14.0 Å². The van der Waals surface area contributed by atoms with Crippen LogP contribution < -0.4 is 5.32 Å². The summed E-state index contributed by atoms with van der Waals surface area (Å²) >= 11 is 0. The van der Waals surface area contributed by atoms with Gasteiger partial charge in [-0.1, -0.05) is 30.3 Å². The van der Waals surface area contributed by atoms with Crippen LogP contribution in [-0.4, -0.2) is 41.7 Å². The molecule has 0 radical (unpaired) electrons. The van der Waals surface area contributed by atoms with Crippen molar-refractivity contribution >= 4 is 34.4 Å². The normalized spacial score (nSPS) is 11.2. The van der Waals surface area contributed by atoms with Crippen molar-refractivity contribution in [3.8, 4) is 0 Å². The number of amides is 1. The molecule has 0 atom stereocenters. The van der Waals surface area contributed by atoms with E-state index in [1.165, 1.54) is 11.6 Å². The Hall–Kier alpha value is -4.19. The third-order valence-corrected chi connectivity index (χ3v) is 5.77. The van der Waals surface area contributed by atoms with Crippen LogP contribution in [-0.2, 0) is 0 Å². The molecule has 6 heteroatoms. The molecule has 0 bridgehead atoms. The SMILES string of the molecule is Cc1ccc2c(NCCCN(C)C(=O)c3cccc(/C=C/C(=O)c4ccc(C)o4)c3)ccnc2c1. The lowest BCUT2D eigenvalue weighted by atomic mass is 10.1. The van der Waals surface area contributed by atoms with Gasteiger partial charge in [-0.3, -0.25) is 14.6 Å². The molecule has 0 saturated carbocycles. The molecule has 2 heterocycles. The zero-order chi connectivity index (χ0) is 24.8. The zero-order valence-electron chi connectivity index (χ0n) is 20.2. The van der Waals surface area contributed by atoms with Gasteiger partial charge in [-0.15, -0.1) is 0 Å². The number of carbonyl (C=O) groups excluding carboxylic acids is 2. The predicted octanol–water partition coefficient (Wildman–Crippen LogP) is 5.91. The highest BCUT2D eigenvalue weighted by Crippen LogP contribution is 2.22. The number of allylic oxidation sites excluding steroid dienone is 1. The molecule has 1 N–H and O–H groups in total. The van der Waals surface area contributed by atoms with Gasteiger partial charge in [0.15, 0.2) is 5.76 Å². The maximum atomic E-state index is 12.9. The topological polar surface area (TPSA) is 75.4 Å². The van der Waals surface area contributed by atoms with Crippen LogP contribution in [0, 0.1) is 13.8 Å². The van der Waals surface area contributed by atoms with Crippen molar-refractivity contribution in [2.75, 3.05) is 25.5 Å². The minimum absolute atomic E-state index is 0.0573. The smallest absolute Gasteiger partial charge is 0.253 e. The van der Waals surface area contributed by atoms with Crippen molar-refractivity contribution in [3.05, 3.63) is 101 Å². The van der Waals surface area contributed by atoms with Gasteiger partial charge in [0, 0.05) is 43.0 Å². The molecule has 6 nitrogen and oxygen atoms in total. The molecule has 2 aromatic carbocycles. The molecule has 0 aliphatic carbocycles. The second-order valence-electron chi connectivity index (χ2n) is 8.62. The molecule has 0 spiro atoms. The number of benzene rings is 2. The number of carbonyl (C=O) groups is 2. The molecule has 35 heavy (non-hydrogen) atoms. The number of aryl methyl sites for hydroxylation is 2. The van der Waals surface area contributed by atoms with E-state index in [9.17, 15) is 9.59 Å². The standard InChI is InChI=1S/C29H29N3O3/c1-20-8-11-24-25(14-16-31-26(24)18-20)30-15-5-17-32(3)29(34)23-7-4-6-22(19-23)10-12-27(33)28-13-9-21(2)35-28/h4,6-14,16,18-19H,5,15,17H2,1-3H3,(H,30,31)/b12-10+. The molecule has 2 aromatic heterocycles. The van der Waals surface area contributed by atoms with Gasteiger partial charge >= 0.3 is 0 Å². The van der Waals surface area contributed by atoms with E-state index in [1.807, 2.05) is 24.4 Å². The fourth-order valence-corrected chi connectivity index (χ4v) is 3.87. The third kappa shape index (κ3) is 6.03. The summed E-state index contributed by atoms with van der Waals surface area (Å²) in [5.41, 5.74) is 4.56. The zero-order valence-corrected chi connectivity index (χ0v) is 20.2. The summed E-state index contributed by atoms with van der Waals surface area (Å²) in [6.07, 6.45) is 5.77. The molecular formula is C29H29N3O3. The highest BCUT2D eigenvalue weighted by Gasteiger charge is 2.12. The highest BCUT2D eigenvalue weighted by molar-refractivity contribution is 6.05. The summed E-state index contributed by atoms with van der Waals surface area (Å²) in [5, 5.41) is 4.56. The first kappa shape index (κ1) is 24.0. The lowest BCUT2D eigenvalue weighted by molar-refractivity contribution is 0.0794. The summed E-state index contributed by atoms with van der Waals surface area (Å²) in [6.45, 7) is 5.21. The Labute approximate surface area is 205 Å². The van der Waals surface area contributed by atoms with Crippen LogP contribution in [0.3, 0.4) is 0 Å². The Kier molecular flexibility index (Phi) is 7.41. The number of ketones is 1. The van der Waals surface area contributed by atoms with Crippen molar-refractivity contribution in [2.45, 2.75) is 20.3 Å². The molecule has 4 rings (SSSR count). The van der Waals surface area contributed by atoms with E-state index >= 15 is 0 Å². The van der Waals surface area contributed by atoms with E-state index < -0.39 is 0 Å². The Morgan fingerprint density at radius 3 is 2.71 bits per heavy atom. The summed E-state index contributed by atoms with van der Waals surface area (Å²) in [4.78, 5) is 31.3. The van der Waals surface area contributed by atoms with Crippen LogP contribution in [0.25, 0.3) is 17.0 Å². The lowest BCUT2D eigenvalue weighted by Gasteiger charge is -2.18. The number of fused-ring (bicyclic) bond motifs is 1. The number of pyridine rings is 1. The van der Waals surface area contributed by atoms with Gasteiger partial charge in [-0.05, 0) is 73.9 Å². The molecule has 0 aliphatic rings. The van der Waals surface area contributed by atoms with E-state index in [4.69, 9.17) is 4.42 Å². The van der Waals surface area contributed by atoms with Crippen LogP contribution in [0.4, 0.5) is 5.69 Å². The molecule has 0 unspecified atom stereocenters. The van der Waals surface area contributed by atoms with Gasteiger partial charge in [0.05, 0.1) is 5.52 Å². The molecule has 178 valence electrons. The Balaban J connectivity index is 1.31. The number of nitrogens with zero attached hydrogens (tertiary/aromatic N) is 2. The highest BCUT2D eigenvalue weighted by atomic mass is 16.3. The summed E-state index contributed by atoms with van der Waals surface area (Å²) in [5.74, 6) is 0.723. The Bertz CT molecular complexity index is 1390. The summed E-state index contributed by atoms with van der Waals surface area (Å²) < 4.78 is 5.36. The Morgan fingerprint density at radius 1 is 1.06 bits per heavy atom. The monoisotopic (exact) mass is 467 g/mol. The van der Waals surface area contributed by atoms with Crippen LogP contribution >= 0.6 is 0 Å². The minimum atomic E-state index is -0.212. The van der Waals surface area contributed by atoms with Gasteiger partial charge in [-0.2, -0.15) is 0 Å². The van der Waals surface area contributed by atoms with Crippen LogP contribution in [0.5, 0.6) is 0 Å². The summed E-state index contributed by atoms with van der Waals surface area (Å²) in [6, 6.07) is 18.9. The first-order valence-corrected chi connectivity index (χ1v) is 11.6. The first-order chi connectivity index (χ1) is 16.9. The van der Waals surface area contributed by atoms with Crippen molar-refractivity contribution in [1.82, 2.24) is 9.88 Å². The third-order valence-electron chi connectivity index (χ3n) is 5.77. The van der Waals surface area contributed by atoms with Gasteiger partial charge in [-0.25, -0.2) is 0 Å². The number of nitrogens with one attached hydrogen (secondary N) is 1. The number of rotatable bonds is 9.